The van der Waals surface area contributed by atoms with Crippen molar-refractivity contribution in [1.29, 1.82) is 0 Å². The minimum absolute atomic E-state index is 0.0142. The fourth-order valence-electron chi connectivity index (χ4n) is 3.45. The lowest BCUT2D eigenvalue weighted by Gasteiger charge is -2.30. The summed E-state index contributed by atoms with van der Waals surface area (Å²) in [4.78, 5) is 24.9. The number of halogens is 2. The topological polar surface area (TPSA) is 83.1 Å². The van der Waals surface area contributed by atoms with Gasteiger partial charge in [-0.15, -0.1) is 0 Å². The van der Waals surface area contributed by atoms with E-state index in [2.05, 4.69) is 5.32 Å². The highest BCUT2D eigenvalue weighted by atomic mass is 19.3. The second-order valence-corrected chi connectivity index (χ2v) is 8.98. The third kappa shape index (κ3) is 7.23. The van der Waals surface area contributed by atoms with Gasteiger partial charge in [-0.25, -0.2) is 18.4 Å². The maximum atomic E-state index is 15.1. The van der Waals surface area contributed by atoms with Crippen LogP contribution in [-0.4, -0.2) is 55.0 Å². The minimum Gasteiger partial charge on any atom is -0.454 e. The van der Waals surface area contributed by atoms with E-state index in [1.54, 1.807) is 63.2 Å². The van der Waals surface area contributed by atoms with Crippen molar-refractivity contribution in [3.05, 3.63) is 71.8 Å². The van der Waals surface area contributed by atoms with Crippen LogP contribution in [0.3, 0.4) is 0 Å². The molecule has 1 aliphatic heterocycles. The summed E-state index contributed by atoms with van der Waals surface area (Å²) >= 11 is 0. The SMILES string of the molecule is CC(C)(C)OC(=O)N[C@@H]1[C@@H](OC(=O)c2ccccc2)CO[C@@H]1C(F)(F)COCc1ccccc1. The molecule has 0 bridgehead atoms. The molecule has 1 fully saturated rings. The molecule has 0 saturated carbocycles. The zero-order valence-corrected chi connectivity index (χ0v) is 19.3. The molecule has 2 aromatic rings. The second-order valence-electron chi connectivity index (χ2n) is 8.98. The van der Waals surface area contributed by atoms with Gasteiger partial charge in [0.15, 0.2) is 0 Å². The summed E-state index contributed by atoms with van der Waals surface area (Å²) in [5, 5.41) is 2.41. The summed E-state index contributed by atoms with van der Waals surface area (Å²) in [5.74, 6) is -4.20. The number of hydrogen-bond donors (Lipinski definition) is 1. The van der Waals surface area contributed by atoms with Crippen molar-refractivity contribution in [1.82, 2.24) is 5.32 Å². The van der Waals surface area contributed by atoms with Crippen LogP contribution in [0.1, 0.15) is 36.7 Å². The van der Waals surface area contributed by atoms with Gasteiger partial charge in [-0.2, -0.15) is 0 Å². The van der Waals surface area contributed by atoms with Gasteiger partial charge >= 0.3 is 12.1 Å². The van der Waals surface area contributed by atoms with Crippen molar-refractivity contribution >= 4 is 12.1 Å². The van der Waals surface area contributed by atoms with Gasteiger partial charge in [0, 0.05) is 0 Å². The van der Waals surface area contributed by atoms with Crippen LogP contribution in [0.15, 0.2) is 60.7 Å². The number of hydrogen-bond acceptors (Lipinski definition) is 6. The fourth-order valence-corrected chi connectivity index (χ4v) is 3.45. The molecule has 1 aliphatic rings. The average molecular weight is 478 g/mol. The molecule has 2 aromatic carbocycles. The quantitative estimate of drug-likeness (QED) is 0.569. The Morgan fingerprint density at radius 2 is 1.65 bits per heavy atom. The van der Waals surface area contributed by atoms with Crippen LogP contribution in [0.25, 0.3) is 0 Å². The molecule has 1 N–H and O–H groups in total. The third-order valence-corrected chi connectivity index (χ3v) is 4.94. The molecule has 184 valence electrons. The van der Waals surface area contributed by atoms with E-state index in [-0.39, 0.29) is 18.8 Å². The molecule has 1 saturated heterocycles. The Bertz CT molecular complexity index is 949. The minimum atomic E-state index is -3.48. The Kier molecular flexibility index (Phi) is 8.22. The standard InChI is InChI=1S/C25H29F2NO6/c1-24(2,3)34-23(30)28-20-19(33-22(29)18-12-8-5-9-13-18)15-32-21(20)25(26,27)16-31-14-17-10-6-4-7-11-17/h4-13,19-21H,14-16H2,1-3H3,(H,28,30)/t19-,20+,21-/m0/s1. The lowest BCUT2D eigenvalue weighted by molar-refractivity contribution is -0.162. The first-order chi connectivity index (χ1) is 16.0. The van der Waals surface area contributed by atoms with Crippen molar-refractivity contribution in [3.63, 3.8) is 0 Å². The maximum Gasteiger partial charge on any atom is 0.408 e. The Morgan fingerprint density at radius 3 is 2.26 bits per heavy atom. The molecular weight excluding hydrogens is 448 g/mol. The van der Waals surface area contributed by atoms with Gasteiger partial charge in [-0.3, -0.25) is 0 Å². The van der Waals surface area contributed by atoms with E-state index in [0.29, 0.717) is 0 Å². The van der Waals surface area contributed by atoms with Gasteiger partial charge in [0.25, 0.3) is 5.92 Å². The number of carbonyl (C=O) groups excluding carboxylic acids is 2. The van der Waals surface area contributed by atoms with Gasteiger partial charge in [0.1, 0.15) is 30.5 Å². The van der Waals surface area contributed by atoms with Crippen molar-refractivity contribution in [3.8, 4) is 0 Å². The molecular formula is C25H29F2NO6. The predicted octanol–water partition coefficient (Wildman–Crippen LogP) is 4.36. The zero-order chi connectivity index (χ0) is 24.8. The summed E-state index contributed by atoms with van der Waals surface area (Å²) in [6.07, 6.45) is -3.86. The Balaban J connectivity index is 1.71. The van der Waals surface area contributed by atoms with Crippen LogP contribution in [0.4, 0.5) is 13.6 Å². The number of alkyl carbamates (subject to hydrolysis) is 1. The Morgan fingerprint density at radius 1 is 1.03 bits per heavy atom. The van der Waals surface area contributed by atoms with E-state index < -0.39 is 48.4 Å². The summed E-state index contributed by atoms with van der Waals surface area (Å²) in [5.41, 5.74) is 0.139. The predicted molar refractivity (Wildman–Crippen MR) is 120 cm³/mol. The molecule has 0 unspecified atom stereocenters. The molecule has 34 heavy (non-hydrogen) atoms. The van der Waals surface area contributed by atoms with Crippen LogP contribution < -0.4 is 5.32 Å². The zero-order valence-electron chi connectivity index (χ0n) is 19.3. The molecule has 0 aromatic heterocycles. The number of esters is 1. The first kappa shape index (κ1) is 25.6. The van der Waals surface area contributed by atoms with Crippen LogP contribution in [0, 0.1) is 0 Å². The van der Waals surface area contributed by atoms with E-state index in [9.17, 15) is 9.59 Å². The van der Waals surface area contributed by atoms with Gasteiger partial charge in [-0.05, 0) is 38.5 Å². The van der Waals surface area contributed by atoms with Crippen LogP contribution >= 0.6 is 0 Å². The van der Waals surface area contributed by atoms with E-state index in [0.717, 1.165) is 5.56 Å². The van der Waals surface area contributed by atoms with Crippen molar-refractivity contribution < 1.29 is 37.3 Å². The summed E-state index contributed by atoms with van der Waals surface area (Å²) < 4.78 is 51.5. The highest BCUT2D eigenvalue weighted by Gasteiger charge is 2.54. The largest absolute Gasteiger partial charge is 0.454 e. The van der Waals surface area contributed by atoms with E-state index >= 15 is 8.78 Å². The molecule has 3 rings (SSSR count). The van der Waals surface area contributed by atoms with Crippen molar-refractivity contribution in [2.45, 2.75) is 57.2 Å². The molecule has 0 aliphatic carbocycles. The van der Waals surface area contributed by atoms with Crippen molar-refractivity contribution in [2.75, 3.05) is 13.2 Å². The second kappa shape index (κ2) is 10.9. The number of rotatable bonds is 8. The van der Waals surface area contributed by atoms with Gasteiger partial charge in [0.2, 0.25) is 0 Å². The highest BCUT2D eigenvalue weighted by molar-refractivity contribution is 5.89. The molecule has 7 nitrogen and oxygen atoms in total. The van der Waals surface area contributed by atoms with Gasteiger partial charge < -0.3 is 24.3 Å². The monoisotopic (exact) mass is 477 g/mol. The number of nitrogens with one attached hydrogen (secondary N) is 1. The van der Waals surface area contributed by atoms with Crippen molar-refractivity contribution in [2.24, 2.45) is 0 Å². The molecule has 3 atom stereocenters. The maximum absolute atomic E-state index is 15.1. The summed E-state index contributed by atoms with van der Waals surface area (Å²) in [7, 11) is 0. The van der Waals surface area contributed by atoms with Crippen LogP contribution in [0.2, 0.25) is 0 Å². The number of benzene rings is 2. The van der Waals surface area contributed by atoms with E-state index in [1.165, 1.54) is 12.1 Å². The number of ether oxygens (including phenoxy) is 4. The molecule has 1 amide bonds. The Hall–Kier alpha value is -3.04. The normalized spacial score (nSPS) is 20.6. The first-order valence-corrected chi connectivity index (χ1v) is 10.9. The van der Waals surface area contributed by atoms with E-state index in [1.807, 2.05) is 6.07 Å². The van der Waals surface area contributed by atoms with Crippen LogP contribution in [0.5, 0.6) is 0 Å². The first-order valence-electron chi connectivity index (χ1n) is 10.9. The number of amides is 1. The molecule has 1 heterocycles. The van der Waals surface area contributed by atoms with Crippen LogP contribution in [-0.2, 0) is 25.6 Å². The number of alkyl halides is 2. The lowest BCUT2D eigenvalue weighted by Crippen LogP contribution is -2.55. The highest BCUT2D eigenvalue weighted by Crippen LogP contribution is 2.32. The lowest BCUT2D eigenvalue weighted by atomic mass is 10.0. The van der Waals surface area contributed by atoms with E-state index in [4.69, 9.17) is 18.9 Å². The average Bonchev–Trinajstić information content (AvgIpc) is 3.16. The van der Waals surface area contributed by atoms with Gasteiger partial charge in [0.05, 0.1) is 18.8 Å². The number of carbonyl (C=O) groups is 2. The molecule has 0 radical (unpaired) electrons. The fraction of sp³-hybridized carbons (Fsp3) is 0.440. The Labute approximate surface area is 197 Å². The summed E-state index contributed by atoms with van der Waals surface area (Å²) in [6, 6.07) is 15.7. The van der Waals surface area contributed by atoms with Gasteiger partial charge in [-0.1, -0.05) is 48.5 Å². The smallest absolute Gasteiger partial charge is 0.408 e. The third-order valence-electron chi connectivity index (χ3n) is 4.94. The molecule has 9 heteroatoms. The molecule has 0 spiro atoms. The summed E-state index contributed by atoms with van der Waals surface area (Å²) in [6.45, 7) is 3.66.